The van der Waals surface area contributed by atoms with E-state index in [1.54, 1.807) is 11.6 Å². The fourth-order valence-electron chi connectivity index (χ4n) is 3.30. The summed E-state index contributed by atoms with van der Waals surface area (Å²) in [7, 11) is 0. The van der Waals surface area contributed by atoms with Gasteiger partial charge in [-0.3, -0.25) is 0 Å². The highest BCUT2D eigenvalue weighted by Crippen LogP contribution is 2.48. The normalized spacial score (nSPS) is 28.5. The van der Waals surface area contributed by atoms with Crippen LogP contribution >= 0.6 is 0 Å². The van der Waals surface area contributed by atoms with Crippen LogP contribution in [0.4, 0.5) is 0 Å². The van der Waals surface area contributed by atoms with E-state index in [0.29, 0.717) is 5.92 Å². The second-order valence-corrected chi connectivity index (χ2v) is 7.51. The summed E-state index contributed by atoms with van der Waals surface area (Å²) in [6, 6.07) is 0. The average Bonchev–Trinajstić information content (AvgIpc) is 2.41. The van der Waals surface area contributed by atoms with Crippen LogP contribution in [-0.2, 0) is 0 Å². The summed E-state index contributed by atoms with van der Waals surface area (Å²) in [6.45, 7) is 14.7. The quantitative estimate of drug-likeness (QED) is 0.586. The Labute approximate surface area is 131 Å². The van der Waals surface area contributed by atoms with Gasteiger partial charge in [0.1, 0.15) is 0 Å². The van der Waals surface area contributed by atoms with E-state index in [4.69, 9.17) is 0 Å². The molecule has 0 aromatic carbocycles. The topological polar surface area (TPSA) is 20.2 Å². The zero-order valence-electron chi connectivity index (χ0n) is 14.7. The molecule has 1 aliphatic carbocycles. The van der Waals surface area contributed by atoms with Crippen LogP contribution in [-0.4, -0.2) is 10.7 Å². The molecule has 0 bridgehead atoms. The molecule has 1 heteroatoms. The fourth-order valence-corrected chi connectivity index (χ4v) is 3.30. The van der Waals surface area contributed by atoms with Gasteiger partial charge in [0.2, 0.25) is 0 Å². The highest BCUT2D eigenvalue weighted by molar-refractivity contribution is 5.19. The molecule has 120 valence electrons. The molecule has 0 saturated heterocycles. The predicted molar refractivity (Wildman–Crippen MR) is 93.3 cm³/mol. The van der Waals surface area contributed by atoms with Crippen molar-refractivity contribution in [2.75, 3.05) is 0 Å². The van der Waals surface area contributed by atoms with Crippen molar-refractivity contribution in [1.82, 2.24) is 0 Å². The third-order valence-corrected chi connectivity index (χ3v) is 5.37. The van der Waals surface area contributed by atoms with Crippen LogP contribution in [0.25, 0.3) is 0 Å². The second-order valence-electron chi connectivity index (χ2n) is 7.51. The van der Waals surface area contributed by atoms with Gasteiger partial charge in [-0.2, -0.15) is 0 Å². The first-order chi connectivity index (χ1) is 9.71. The van der Waals surface area contributed by atoms with E-state index in [1.165, 1.54) is 18.4 Å². The summed E-state index contributed by atoms with van der Waals surface area (Å²) in [6.07, 6.45) is 13.1. The van der Waals surface area contributed by atoms with Gasteiger partial charge in [-0.1, -0.05) is 43.2 Å². The van der Waals surface area contributed by atoms with Crippen molar-refractivity contribution in [2.24, 2.45) is 11.3 Å². The minimum Gasteiger partial charge on any atom is -0.386 e. The van der Waals surface area contributed by atoms with Gasteiger partial charge in [-0.05, 0) is 70.6 Å². The maximum atomic E-state index is 10.2. The van der Waals surface area contributed by atoms with Crippen LogP contribution in [0.1, 0.15) is 73.1 Å². The number of rotatable bonds is 7. The summed E-state index contributed by atoms with van der Waals surface area (Å²) in [5.74, 6) is 0.685. The smallest absolute Gasteiger partial charge is 0.0797 e. The van der Waals surface area contributed by atoms with E-state index in [0.717, 1.165) is 25.7 Å². The lowest BCUT2D eigenvalue weighted by Crippen LogP contribution is -2.33. The van der Waals surface area contributed by atoms with E-state index >= 15 is 0 Å². The number of aliphatic hydroxyl groups is 1. The monoisotopic (exact) mass is 290 g/mol. The summed E-state index contributed by atoms with van der Waals surface area (Å²) in [5, 5.41) is 10.2. The maximum Gasteiger partial charge on any atom is 0.0797 e. The Hall–Kier alpha value is -0.820. The van der Waals surface area contributed by atoms with Gasteiger partial charge in [-0.25, -0.2) is 0 Å². The molecule has 1 N–H and O–H groups in total. The van der Waals surface area contributed by atoms with Crippen LogP contribution in [0.5, 0.6) is 0 Å². The van der Waals surface area contributed by atoms with Crippen LogP contribution in [0.3, 0.4) is 0 Å². The van der Waals surface area contributed by atoms with Crippen molar-refractivity contribution in [2.45, 2.75) is 78.7 Å². The first-order valence-electron chi connectivity index (χ1n) is 8.40. The third-order valence-electron chi connectivity index (χ3n) is 5.37. The lowest BCUT2D eigenvalue weighted by Gasteiger charge is -2.43. The SMILES string of the molecule is C=C[C@@](C)(O)CC[C@@]1(C)C(CCC=C(C)C)=CCC[C@H]1C. The molecule has 21 heavy (non-hydrogen) atoms. The lowest BCUT2D eigenvalue weighted by atomic mass is 9.63. The Kier molecular flexibility index (Phi) is 6.46. The van der Waals surface area contributed by atoms with Gasteiger partial charge in [0.05, 0.1) is 5.60 Å². The molecule has 1 aliphatic rings. The molecule has 0 unspecified atom stereocenters. The first kappa shape index (κ1) is 18.2. The molecule has 0 radical (unpaired) electrons. The molecule has 3 atom stereocenters. The number of allylic oxidation sites excluding steroid dienone is 4. The Morgan fingerprint density at radius 1 is 1.52 bits per heavy atom. The maximum absolute atomic E-state index is 10.2. The van der Waals surface area contributed by atoms with Gasteiger partial charge in [0, 0.05) is 0 Å². The van der Waals surface area contributed by atoms with E-state index in [9.17, 15) is 5.11 Å². The van der Waals surface area contributed by atoms with Gasteiger partial charge >= 0.3 is 0 Å². The first-order valence-corrected chi connectivity index (χ1v) is 8.40. The van der Waals surface area contributed by atoms with Crippen molar-refractivity contribution in [3.8, 4) is 0 Å². The largest absolute Gasteiger partial charge is 0.386 e. The molecule has 0 fully saturated rings. The Morgan fingerprint density at radius 2 is 2.19 bits per heavy atom. The van der Waals surface area contributed by atoms with Crippen molar-refractivity contribution in [1.29, 1.82) is 0 Å². The summed E-state index contributed by atoms with van der Waals surface area (Å²) in [5.41, 5.74) is 2.47. The van der Waals surface area contributed by atoms with Gasteiger partial charge in [-0.15, -0.1) is 6.58 Å². The molecule has 0 spiro atoms. The van der Waals surface area contributed by atoms with Crippen molar-refractivity contribution in [3.63, 3.8) is 0 Å². The van der Waals surface area contributed by atoms with E-state index < -0.39 is 5.60 Å². The minimum absolute atomic E-state index is 0.223. The van der Waals surface area contributed by atoms with E-state index in [2.05, 4.69) is 46.4 Å². The molecule has 0 aromatic heterocycles. The van der Waals surface area contributed by atoms with Crippen LogP contribution in [0.15, 0.2) is 36.0 Å². The molecule has 0 saturated carbocycles. The van der Waals surface area contributed by atoms with Gasteiger partial charge < -0.3 is 5.11 Å². The Balaban J connectivity index is 2.81. The van der Waals surface area contributed by atoms with Gasteiger partial charge in [0.15, 0.2) is 0 Å². The molecule has 1 rings (SSSR count). The van der Waals surface area contributed by atoms with Crippen LogP contribution in [0, 0.1) is 11.3 Å². The van der Waals surface area contributed by atoms with Crippen LogP contribution in [0.2, 0.25) is 0 Å². The lowest BCUT2D eigenvalue weighted by molar-refractivity contribution is 0.0750. The zero-order valence-corrected chi connectivity index (χ0v) is 14.7. The third kappa shape index (κ3) is 5.14. The molecule has 0 aromatic rings. The zero-order chi connectivity index (χ0) is 16.1. The van der Waals surface area contributed by atoms with Crippen molar-refractivity contribution in [3.05, 3.63) is 36.0 Å². The molecule has 0 heterocycles. The van der Waals surface area contributed by atoms with E-state index in [1.807, 2.05) is 6.92 Å². The summed E-state index contributed by atoms with van der Waals surface area (Å²) < 4.78 is 0. The predicted octanol–water partition coefficient (Wildman–Crippen LogP) is 5.81. The number of hydrogen-bond donors (Lipinski definition) is 1. The van der Waals surface area contributed by atoms with Gasteiger partial charge in [0.25, 0.3) is 0 Å². The van der Waals surface area contributed by atoms with Crippen LogP contribution < -0.4 is 0 Å². The molecule has 1 nitrogen and oxygen atoms in total. The summed E-state index contributed by atoms with van der Waals surface area (Å²) in [4.78, 5) is 0. The standard InChI is InChI=1S/C20H34O/c1-7-19(5,21)14-15-20(6)17(4)11-9-13-18(20)12-8-10-16(2)3/h7,10,13,17,21H,1,8-9,11-12,14-15H2,2-6H3/t17-,19-,20-/m1/s1. The molecule has 0 aliphatic heterocycles. The molecular weight excluding hydrogens is 256 g/mol. The summed E-state index contributed by atoms with van der Waals surface area (Å²) >= 11 is 0. The molecular formula is C20H34O. The number of hydrogen-bond acceptors (Lipinski definition) is 1. The minimum atomic E-state index is -0.745. The Morgan fingerprint density at radius 3 is 2.76 bits per heavy atom. The Bertz CT molecular complexity index is 410. The van der Waals surface area contributed by atoms with Crippen molar-refractivity contribution < 1.29 is 5.11 Å². The molecule has 0 amide bonds. The van der Waals surface area contributed by atoms with Crippen molar-refractivity contribution >= 4 is 0 Å². The fraction of sp³-hybridized carbons (Fsp3) is 0.700. The van der Waals surface area contributed by atoms with E-state index in [-0.39, 0.29) is 5.41 Å². The second kappa shape index (κ2) is 7.45. The average molecular weight is 290 g/mol. The highest BCUT2D eigenvalue weighted by Gasteiger charge is 2.37. The highest BCUT2D eigenvalue weighted by atomic mass is 16.3.